The van der Waals surface area contributed by atoms with Crippen molar-refractivity contribution in [2.45, 2.75) is 31.7 Å². The Morgan fingerprint density at radius 1 is 1.19 bits per heavy atom. The molecule has 0 radical (unpaired) electrons. The largest absolute Gasteiger partial charge is 0.354 e. The van der Waals surface area contributed by atoms with Gasteiger partial charge in [0, 0.05) is 50.7 Å². The van der Waals surface area contributed by atoms with Crippen molar-refractivity contribution in [2.24, 2.45) is 5.92 Å². The summed E-state index contributed by atoms with van der Waals surface area (Å²) in [6.07, 6.45) is 1.88. The van der Waals surface area contributed by atoms with E-state index in [9.17, 15) is 13.6 Å². The first-order chi connectivity index (χ1) is 15.5. The van der Waals surface area contributed by atoms with E-state index in [1.165, 1.54) is 12.1 Å². The van der Waals surface area contributed by atoms with Gasteiger partial charge in [0.05, 0.1) is 5.92 Å². The van der Waals surface area contributed by atoms with Crippen molar-refractivity contribution in [1.29, 1.82) is 5.26 Å². The van der Waals surface area contributed by atoms with E-state index >= 15 is 0 Å². The van der Waals surface area contributed by atoms with E-state index in [4.69, 9.17) is 5.26 Å². The Labute approximate surface area is 186 Å². The minimum absolute atomic E-state index is 0.0285. The summed E-state index contributed by atoms with van der Waals surface area (Å²) < 4.78 is 28.2. The minimum Gasteiger partial charge on any atom is -0.354 e. The summed E-state index contributed by atoms with van der Waals surface area (Å²) in [5.41, 5.74) is 0.525. The summed E-state index contributed by atoms with van der Waals surface area (Å²) in [4.78, 5) is 17.3. The molecule has 0 saturated carbocycles. The number of carbonyl (C=O) groups is 1. The first-order valence-corrected chi connectivity index (χ1v) is 10.9. The van der Waals surface area contributed by atoms with Crippen LogP contribution in [-0.4, -0.2) is 59.8 Å². The Balaban J connectivity index is 1.61. The molecule has 2 aromatic rings. The van der Waals surface area contributed by atoms with Crippen LogP contribution in [0.5, 0.6) is 0 Å². The molecule has 2 fully saturated rings. The second-order valence-corrected chi connectivity index (χ2v) is 8.50. The standard InChI is InChI=1S/C23H26F2N6O/c1-15-3-2-9-30(10-8-27-15)23(32)20-14-31(22-7-5-17(12-26)28-29-22)13-19(20)18-6-4-16(24)11-21(18)25/h4-7,11,15,19-20,27H,2-3,8-10,13-14H2,1H3/t15?,19-,20?/m0/s1. The zero-order chi connectivity index (χ0) is 22.7. The molecule has 7 nitrogen and oxygen atoms in total. The van der Waals surface area contributed by atoms with Crippen molar-refractivity contribution >= 4 is 11.7 Å². The van der Waals surface area contributed by atoms with Gasteiger partial charge in [0.1, 0.15) is 17.7 Å². The fraction of sp³-hybridized carbons (Fsp3) is 0.478. The lowest BCUT2D eigenvalue weighted by Gasteiger charge is -2.31. The Hall–Kier alpha value is -3.12. The number of nitrogens with one attached hydrogen (secondary N) is 1. The van der Waals surface area contributed by atoms with Gasteiger partial charge in [0.15, 0.2) is 11.5 Å². The first-order valence-electron chi connectivity index (χ1n) is 10.9. The number of anilines is 1. The fourth-order valence-electron chi connectivity index (χ4n) is 4.61. The van der Waals surface area contributed by atoms with E-state index in [0.29, 0.717) is 50.1 Å². The highest BCUT2D eigenvalue weighted by molar-refractivity contribution is 5.81. The van der Waals surface area contributed by atoms with Gasteiger partial charge in [0.25, 0.3) is 0 Å². The molecule has 2 saturated heterocycles. The van der Waals surface area contributed by atoms with E-state index in [0.717, 1.165) is 18.9 Å². The molecule has 2 aliphatic heterocycles. The number of benzene rings is 1. The van der Waals surface area contributed by atoms with Gasteiger partial charge in [-0.25, -0.2) is 8.78 Å². The summed E-state index contributed by atoms with van der Waals surface area (Å²) in [5, 5.41) is 20.4. The third kappa shape index (κ3) is 4.70. The van der Waals surface area contributed by atoms with Gasteiger partial charge < -0.3 is 15.1 Å². The predicted octanol–water partition coefficient (Wildman–Crippen LogP) is 2.45. The van der Waals surface area contributed by atoms with Crippen LogP contribution in [0.15, 0.2) is 30.3 Å². The van der Waals surface area contributed by atoms with E-state index < -0.39 is 23.5 Å². The summed E-state index contributed by atoms with van der Waals surface area (Å²) >= 11 is 0. The number of rotatable bonds is 3. The SMILES string of the molecule is CC1CCCN(C(=O)C2CN(c3ccc(C#N)nn3)C[C@H]2c2ccc(F)cc2F)CCN1. The highest BCUT2D eigenvalue weighted by Crippen LogP contribution is 2.37. The number of carbonyl (C=O) groups excluding carboxylic acids is 1. The van der Waals surface area contributed by atoms with E-state index in [-0.39, 0.29) is 11.6 Å². The zero-order valence-corrected chi connectivity index (χ0v) is 18.0. The molecule has 2 unspecified atom stereocenters. The molecule has 2 aliphatic rings. The van der Waals surface area contributed by atoms with Crippen LogP contribution >= 0.6 is 0 Å². The van der Waals surface area contributed by atoms with Crippen molar-refractivity contribution < 1.29 is 13.6 Å². The predicted molar refractivity (Wildman–Crippen MR) is 115 cm³/mol. The zero-order valence-electron chi connectivity index (χ0n) is 18.0. The summed E-state index contributed by atoms with van der Waals surface area (Å²) in [6.45, 7) is 4.80. The average molecular weight is 440 g/mol. The van der Waals surface area contributed by atoms with Gasteiger partial charge >= 0.3 is 0 Å². The van der Waals surface area contributed by atoms with Crippen LogP contribution in [0.25, 0.3) is 0 Å². The smallest absolute Gasteiger partial charge is 0.228 e. The summed E-state index contributed by atoms with van der Waals surface area (Å²) in [6, 6.07) is 9.12. The maximum atomic E-state index is 14.7. The lowest BCUT2D eigenvalue weighted by atomic mass is 9.87. The van der Waals surface area contributed by atoms with Gasteiger partial charge in [-0.3, -0.25) is 4.79 Å². The second-order valence-electron chi connectivity index (χ2n) is 8.50. The fourth-order valence-corrected chi connectivity index (χ4v) is 4.61. The number of hydrogen-bond donors (Lipinski definition) is 1. The van der Waals surface area contributed by atoms with Crippen LogP contribution in [0.4, 0.5) is 14.6 Å². The number of amides is 1. The maximum Gasteiger partial charge on any atom is 0.228 e. The van der Waals surface area contributed by atoms with Gasteiger partial charge in [-0.15, -0.1) is 10.2 Å². The molecule has 32 heavy (non-hydrogen) atoms. The van der Waals surface area contributed by atoms with E-state index in [1.807, 2.05) is 15.9 Å². The monoisotopic (exact) mass is 440 g/mol. The van der Waals surface area contributed by atoms with Crippen molar-refractivity contribution in [3.63, 3.8) is 0 Å². The lowest BCUT2D eigenvalue weighted by molar-refractivity contribution is -0.135. The van der Waals surface area contributed by atoms with Crippen molar-refractivity contribution in [1.82, 2.24) is 20.4 Å². The summed E-state index contributed by atoms with van der Waals surface area (Å²) in [5.74, 6) is -1.74. The normalized spacial score (nSPS) is 24.0. The van der Waals surface area contributed by atoms with Crippen molar-refractivity contribution in [3.05, 3.63) is 53.2 Å². The van der Waals surface area contributed by atoms with Crippen LogP contribution in [0.1, 0.15) is 36.9 Å². The van der Waals surface area contributed by atoms with Crippen molar-refractivity contribution in [3.8, 4) is 6.07 Å². The molecule has 9 heteroatoms. The third-order valence-corrected chi connectivity index (χ3v) is 6.34. The van der Waals surface area contributed by atoms with E-state index in [1.54, 1.807) is 12.1 Å². The van der Waals surface area contributed by atoms with Crippen LogP contribution in [0, 0.1) is 28.9 Å². The molecule has 4 rings (SSSR count). The number of halogens is 2. The average Bonchev–Trinajstić information content (AvgIpc) is 3.21. The topological polar surface area (TPSA) is 85.2 Å². The van der Waals surface area contributed by atoms with Gasteiger partial charge in [-0.05, 0) is 43.5 Å². The Morgan fingerprint density at radius 3 is 2.75 bits per heavy atom. The Morgan fingerprint density at radius 2 is 2.03 bits per heavy atom. The molecule has 1 aromatic carbocycles. The second kappa shape index (κ2) is 9.57. The van der Waals surface area contributed by atoms with Crippen LogP contribution < -0.4 is 10.2 Å². The lowest BCUT2D eigenvalue weighted by Crippen LogP contribution is -2.46. The molecule has 0 aliphatic carbocycles. The minimum atomic E-state index is -0.649. The number of nitrogens with zero attached hydrogens (tertiary/aromatic N) is 5. The highest BCUT2D eigenvalue weighted by atomic mass is 19.1. The molecule has 3 atom stereocenters. The molecule has 1 amide bonds. The van der Waals surface area contributed by atoms with Gasteiger partial charge in [-0.1, -0.05) is 6.07 Å². The van der Waals surface area contributed by atoms with Crippen LogP contribution in [0.3, 0.4) is 0 Å². The molecule has 0 bridgehead atoms. The number of hydrogen-bond acceptors (Lipinski definition) is 6. The number of nitriles is 1. The molecule has 1 aromatic heterocycles. The quantitative estimate of drug-likeness (QED) is 0.789. The molecular weight excluding hydrogens is 414 g/mol. The third-order valence-electron chi connectivity index (χ3n) is 6.34. The van der Waals surface area contributed by atoms with Crippen LogP contribution in [0.2, 0.25) is 0 Å². The van der Waals surface area contributed by atoms with Gasteiger partial charge in [-0.2, -0.15) is 5.26 Å². The Kier molecular flexibility index (Phi) is 6.61. The first kappa shape index (κ1) is 22.1. The van der Waals surface area contributed by atoms with Crippen molar-refractivity contribution in [2.75, 3.05) is 37.6 Å². The molecule has 1 N–H and O–H groups in total. The molecule has 0 spiro atoms. The maximum absolute atomic E-state index is 14.7. The summed E-state index contributed by atoms with van der Waals surface area (Å²) in [7, 11) is 0. The Bertz CT molecular complexity index is 999. The molecule has 168 valence electrons. The van der Waals surface area contributed by atoms with Gasteiger partial charge in [0.2, 0.25) is 5.91 Å². The molecule has 3 heterocycles. The molecular formula is C23H26F2N6O. The van der Waals surface area contributed by atoms with Crippen LogP contribution in [-0.2, 0) is 4.79 Å². The number of aromatic nitrogens is 2. The highest BCUT2D eigenvalue weighted by Gasteiger charge is 2.42. The van der Waals surface area contributed by atoms with E-state index in [2.05, 4.69) is 22.4 Å².